The van der Waals surface area contributed by atoms with Crippen LogP contribution in [0.4, 0.5) is 17.5 Å². The molecule has 39 heavy (non-hydrogen) atoms. The van der Waals surface area contributed by atoms with E-state index in [9.17, 15) is 4.79 Å². The number of carbonyl (C=O) groups excluding carboxylic acids is 1. The summed E-state index contributed by atoms with van der Waals surface area (Å²) in [6.07, 6.45) is 0.731. The van der Waals surface area contributed by atoms with Crippen molar-refractivity contribution in [3.05, 3.63) is 82.9 Å². The van der Waals surface area contributed by atoms with Crippen molar-refractivity contribution >= 4 is 34.3 Å². The first-order valence-corrected chi connectivity index (χ1v) is 13.3. The molecule has 2 aliphatic rings. The summed E-state index contributed by atoms with van der Waals surface area (Å²) in [6, 6.07) is 19.4. The Hall–Kier alpha value is -4.37. The number of nitrogens with two attached hydrogens (primary N) is 2. The zero-order chi connectivity index (χ0) is 26.9. The standard InChI is InChI=1S/C30H33N7O2/c1-35-13-15-36(16-14-35)28-25-10-7-21(17-26(25)33-30(32)34-28)29(38)37-12-11-24-22(18-37)3-2-4-27(24)39-19-20-5-8-23(31)9-6-20/h2-10,17H,11-16,18-19,31H2,1H3,(H2,32,33,34). The number of anilines is 3. The second kappa shape index (κ2) is 10.4. The maximum Gasteiger partial charge on any atom is 0.254 e. The molecule has 6 rings (SSSR count). The Morgan fingerprint density at radius 2 is 1.74 bits per heavy atom. The number of amides is 1. The molecule has 0 bridgehead atoms. The van der Waals surface area contributed by atoms with Gasteiger partial charge in [-0.1, -0.05) is 24.3 Å². The Morgan fingerprint density at radius 1 is 0.949 bits per heavy atom. The number of piperazine rings is 1. The molecular formula is C30H33N7O2. The number of benzene rings is 3. The van der Waals surface area contributed by atoms with Crippen molar-refractivity contribution in [1.82, 2.24) is 19.8 Å². The maximum atomic E-state index is 13.6. The summed E-state index contributed by atoms with van der Waals surface area (Å²) < 4.78 is 6.16. The lowest BCUT2D eigenvalue weighted by molar-refractivity contribution is 0.0733. The highest BCUT2D eigenvalue weighted by atomic mass is 16.5. The molecule has 9 nitrogen and oxygen atoms in total. The number of ether oxygens (including phenoxy) is 1. The Bertz CT molecular complexity index is 1510. The molecule has 1 amide bonds. The summed E-state index contributed by atoms with van der Waals surface area (Å²) in [6.45, 7) is 5.30. The molecule has 9 heteroatoms. The number of nitrogen functional groups attached to an aromatic ring is 2. The summed E-state index contributed by atoms with van der Waals surface area (Å²) in [5.41, 5.74) is 17.2. The van der Waals surface area contributed by atoms with Crippen molar-refractivity contribution in [3.8, 4) is 5.75 Å². The lowest BCUT2D eigenvalue weighted by atomic mass is 9.98. The van der Waals surface area contributed by atoms with Gasteiger partial charge in [0.2, 0.25) is 5.95 Å². The first kappa shape index (κ1) is 24.9. The van der Waals surface area contributed by atoms with Gasteiger partial charge in [-0.15, -0.1) is 0 Å². The monoisotopic (exact) mass is 523 g/mol. The minimum atomic E-state index is -0.0194. The molecule has 0 atom stereocenters. The van der Waals surface area contributed by atoms with Crippen LogP contribution in [-0.4, -0.2) is 65.4 Å². The summed E-state index contributed by atoms with van der Waals surface area (Å²) in [5.74, 6) is 1.90. The Kier molecular flexibility index (Phi) is 6.66. The van der Waals surface area contributed by atoms with Crippen LogP contribution in [0.3, 0.4) is 0 Å². The third kappa shape index (κ3) is 5.18. The number of nitrogens with zero attached hydrogens (tertiary/aromatic N) is 5. The van der Waals surface area contributed by atoms with E-state index in [1.807, 2.05) is 59.5 Å². The van der Waals surface area contributed by atoms with Crippen LogP contribution in [0.1, 0.15) is 27.0 Å². The van der Waals surface area contributed by atoms with E-state index in [4.69, 9.17) is 16.2 Å². The first-order chi connectivity index (χ1) is 18.9. The van der Waals surface area contributed by atoms with Crippen molar-refractivity contribution in [2.45, 2.75) is 19.6 Å². The van der Waals surface area contributed by atoms with Gasteiger partial charge in [-0.3, -0.25) is 4.79 Å². The third-order valence-corrected chi connectivity index (χ3v) is 7.63. The molecule has 200 valence electrons. The summed E-state index contributed by atoms with van der Waals surface area (Å²) in [5, 5.41) is 0.914. The van der Waals surface area contributed by atoms with Gasteiger partial charge in [0.15, 0.2) is 0 Å². The zero-order valence-corrected chi connectivity index (χ0v) is 22.1. The summed E-state index contributed by atoms with van der Waals surface area (Å²) in [7, 11) is 2.12. The van der Waals surface area contributed by atoms with Gasteiger partial charge in [0, 0.05) is 61.5 Å². The van der Waals surface area contributed by atoms with Crippen molar-refractivity contribution in [1.29, 1.82) is 0 Å². The van der Waals surface area contributed by atoms with E-state index in [2.05, 4.69) is 32.9 Å². The summed E-state index contributed by atoms with van der Waals surface area (Å²) >= 11 is 0. The summed E-state index contributed by atoms with van der Waals surface area (Å²) in [4.78, 5) is 29.0. The predicted molar refractivity (Wildman–Crippen MR) is 154 cm³/mol. The number of carbonyl (C=O) groups is 1. The molecule has 4 aromatic rings. The molecule has 3 heterocycles. The van der Waals surface area contributed by atoms with E-state index >= 15 is 0 Å². The molecule has 1 saturated heterocycles. The van der Waals surface area contributed by atoms with Crippen LogP contribution in [0.2, 0.25) is 0 Å². The smallest absolute Gasteiger partial charge is 0.254 e. The van der Waals surface area contributed by atoms with E-state index in [1.54, 1.807) is 0 Å². The molecule has 4 N–H and O–H groups in total. The average Bonchev–Trinajstić information content (AvgIpc) is 2.96. The van der Waals surface area contributed by atoms with E-state index in [0.717, 1.165) is 71.9 Å². The van der Waals surface area contributed by atoms with Gasteiger partial charge < -0.3 is 30.9 Å². The average molecular weight is 524 g/mol. The lowest BCUT2D eigenvalue weighted by Crippen LogP contribution is -2.45. The molecule has 3 aromatic carbocycles. The van der Waals surface area contributed by atoms with Crippen LogP contribution in [0.15, 0.2) is 60.7 Å². The van der Waals surface area contributed by atoms with Crippen molar-refractivity contribution in [2.24, 2.45) is 0 Å². The molecular weight excluding hydrogens is 490 g/mol. The van der Waals surface area contributed by atoms with E-state index in [1.165, 1.54) is 0 Å². The van der Waals surface area contributed by atoms with Gasteiger partial charge in [-0.05, 0) is 61.0 Å². The van der Waals surface area contributed by atoms with Crippen LogP contribution in [0.25, 0.3) is 10.9 Å². The maximum absolute atomic E-state index is 13.6. The highest BCUT2D eigenvalue weighted by Gasteiger charge is 2.25. The van der Waals surface area contributed by atoms with Gasteiger partial charge in [0.05, 0.1) is 5.52 Å². The molecule has 0 saturated carbocycles. The molecule has 0 unspecified atom stereocenters. The second-order valence-corrected chi connectivity index (χ2v) is 10.3. The zero-order valence-electron chi connectivity index (χ0n) is 22.1. The third-order valence-electron chi connectivity index (χ3n) is 7.63. The fourth-order valence-electron chi connectivity index (χ4n) is 5.36. The van der Waals surface area contributed by atoms with E-state index in [0.29, 0.717) is 30.8 Å². The van der Waals surface area contributed by atoms with Gasteiger partial charge >= 0.3 is 0 Å². The van der Waals surface area contributed by atoms with Gasteiger partial charge in [-0.2, -0.15) is 4.98 Å². The fraction of sp³-hybridized carbons (Fsp3) is 0.300. The molecule has 2 aliphatic heterocycles. The minimum Gasteiger partial charge on any atom is -0.489 e. The molecule has 0 spiro atoms. The number of likely N-dealkylation sites (N-methyl/N-ethyl adjacent to an activating group) is 1. The Labute approximate surface area is 228 Å². The van der Waals surface area contributed by atoms with Crippen LogP contribution in [-0.2, 0) is 19.6 Å². The predicted octanol–water partition coefficient (Wildman–Crippen LogP) is 3.32. The fourth-order valence-corrected chi connectivity index (χ4v) is 5.36. The highest BCUT2D eigenvalue weighted by Crippen LogP contribution is 2.31. The van der Waals surface area contributed by atoms with Crippen molar-refractivity contribution < 1.29 is 9.53 Å². The number of hydrogen-bond donors (Lipinski definition) is 2. The topological polar surface area (TPSA) is 114 Å². The van der Waals surface area contributed by atoms with Gasteiger partial charge in [0.1, 0.15) is 18.2 Å². The molecule has 0 aliphatic carbocycles. The normalized spacial score (nSPS) is 15.8. The number of fused-ring (bicyclic) bond motifs is 2. The van der Waals surface area contributed by atoms with Crippen LogP contribution in [0, 0.1) is 0 Å². The SMILES string of the molecule is CN1CCN(c2nc(N)nc3cc(C(=O)N4CCc5c(cccc5OCc5ccc(N)cc5)C4)ccc23)CC1. The van der Waals surface area contributed by atoms with E-state index < -0.39 is 0 Å². The second-order valence-electron chi connectivity index (χ2n) is 10.3. The minimum absolute atomic E-state index is 0.0194. The molecule has 1 aromatic heterocycles. The molecule has 1 fully saturated rings. The van der Waals surface area contributed by atoms with Gasteiger partial charge in [-0.25, -0.2) is 4.98 Å². The van der Waals surface area contributed by atoms with Crippen molar-refractivity contribution in [3.63, 3.8) is 0 Å². The van der Waals surface area contributed by atoms with Crippen LogP contribution < -0.4 is 21.1 Å². The van der Waals surface area contributed by atoms with Crippen molar-refractivity contribution in [2.75, 3.05) is 56.1 Å². The number of hydrogen-bond acceptors (Lipinski definition) is 8. The van der Waals surface area contributed by atoms with Crippen LogP contribution >= 0.6 is 0 Å². The quantitative estimate of drug-likeness (QED) is 0.383. The largest absolute Gasteiger partial charge is 0.489 e. The highest BCUT2D eigenvalue weighted by molar-refractivity contribution is 6.00. The first-order valence-electron chi connectivity index (χ1n) is 13.3. The Balaban J connectivity index is 1.19. The number of aromatic nitrogens is 2. The molecule has 0 radical (unpaired) electrons. The Morgan fingerprint density at radius 3 is 2.54 bits per heavy atom. The van der Waals surface area contributed by atoms with Gasteiger partial charge in [0.25, 0.3) is 5.91 Å². The number of rotatable bonds is 5. The van der Waals surface area contributed by atoms with Crippen LogP contribution in [0.5, 0.6) is 5.75 Å². The van der Waals surface area contributed by atoms with E-state index in [-0.39, 0.29) is 11.9 Å². The lowest BCUT2D eigenvalue weighted by Gasteiger charge is -2.33.